The molecule has 0 fully saturated rings. The fourth-order valence-corrected chi connectivity index (χ4v) is 5.87. The van der Waals surface area contributed by atoms with Gasteiger partial charge in [-0.25, -0.2) is 0 Å². The zero-order chi connectivity index (χ0) is 29.3. The molecule has 12 heteroatoms. The quantitative estimate of drug-likeness (QED) is 0.148. The van der Waals surface area contributed by atoms with Gasteiger partial charge in [-0.2, -0.15) is 39.5 Å². The van der Waals surface area contributed by atoms with Crippen LogP contribution >= 0.6 is 11.3 Å². The van der Waals surface area contributed by atoms with E-state index >= 15 is 0 Å². The van der Waals surface area contributed by atoms with Crippen LogP contribution in [0.15, 0.2) is 78.9 Å². The Bertz CT molecular complexity index is 1900. The molecule has 0 spiro atoms. The lowest BCUT2D eigenvalue weighted by Gasteiger charge is -2.22. The van der Waals surface area contributed by atoms with Crippen molar-refractivity contribution < 1.29 is 39.5 Å². The third kappa shape index (κ3) is 4.75. The topological polar surface area (TPSA) is 25.8 Å². The highest BCUT2D eigenvalue weighted by Crippen LogP contribution is 2.49. The number of aromatic nitrogens is 2. The van der Waals surface area contributed by atoms with Crippen LogP contribution in [-0.2, 0) is 18.5 Å². The highest BCUT2D eigenvalue weighted by Gasteiger charge is 2.46. The molecular weight excluding hydrogens is 579 g/mol. The standard InChI is InChI=1S/C29H13F9N2S/c30-27(31,32)17-12-20(28(33,34)35)24(21(13-17)29(36,37)38)26-19-10-15-6-2-1-5-14(15)9-18(19)25(39-40-26)23-11-16-7-3-4-8-22(16)41-23/h1-13H. The summed E-state index contributed by atoms with van der Waals surface area (Å²) in [6.07, 6.45) is -16.6. The first-order valence-electron chi connectivity index (χ1n) is 11.8. The van der Waals surface area contributed by atoms with E-state index in [-0.39, 0.29) is 28.6 Å². The highest BCUT2D eigenvalue weighted by atomic mass is 32.1. The molecule has 2 nitrogen and oxygen atoms in total. The number of benzene rings is 4. The Balaban J connectivity index is 1.76. The minimum absolute atomic E-state index is 0.123. The molecule has 0 radical (unpaired) electrons. The summed E-state index contributed by atoms with van der Waals surface area (Å²) in [7, 11) is 0. The number of nitrogens with zero attached hydrogens (tertiary/aromatic N) is 2. The SMILES string of the molecule is FC(F)(F)c1cc(C(F)(F)F)c(-c2nnc(-c3cc4ccccc4s3)c3cc4ccccc4cc23)c(C(F)(F)F)c1. The predicted octanol–water partition coefficient (Wildman–Crippen LogP) is 10.4. The maximum Gasteiger partial charge on any atom is 0.417 e. The second-order valence-electron chi connectivity index (χ2n) is 9.23. The number of rotatable bonds is 2. The van der Waals surface area contributed by atoms with Crippen LogP contribution in [0.5, 0.6) is 0 Å². The molecule has 0 atom stereocenters. The number of halogens is 9. The second-order valence-corrected chi connectivity index (χ2v) is 10.3. The Morgan fingerprint density at radius 1 is 0.512 bits per heavy atom. The number of hydrogen-bond donors (Lipinski definition) is 0. The van der Waals surface area contributed by atoms with Crippen molar-refractivity contribution in [1.82, 2.24) is 10.2 Å². The Kier molecular flexibility index (Phi) is 6.04. The lowest BCUT2D eigenvalue weighted by molar-refractivity contribution is -0.147. The first-order chi connectivity index (χ1) is 19.2. The largest absolute Gasteiger partial charge is 0.417 e. The van der Waals surface area contributed by atoms with E-state index in [0.29, 0.717) is 15.6 Å². The van der Waals surface area contributed by atoms with Crippen molar-refractivity contribution in [1.29, 1.82) is 0 Å². The second kappa shape index (κ2) is 9.16. The van der Waals surface area contributed by atoms with Gasteiger partial charge in [-0.05, 0) is 52.6 Å². The van der Waals surface area contributed by atoms with Crippen molar-refractivity contribution in [3.8, 4) is 21.8 Å². The van der Waals surface area contributed by atoms with Crippen molar-refractivity contribution in [2.24, 2.45) is 0 Å². The summed E-state index contributed by atoms with van der Waals surface area (Å²) >= 11 is 1.30. The molecule has 0 aliphatic heterocycles. The summed E-state index contributed by atoms with van der Waals surface area (Å²) in [5.41, 5.74) is -8.44. The van der Waals surface area contributed by atoms with Crippen molar-refractivity contribution >= 4 is 43.0 Å². The number of hydrogen-bond acceptors (Lipinski definition) is 3. The molecule has 0 saturated heterocycles. The molecule has 0 unspecified atom stereocenters. The van der Waals surface area contributed by atoms with E-state index in [9.17, 15) is 39.5 Å². The Labute approximate surface area is 228 Å². The molecule has 2 heterocycles. The van der Waals surface area contributed by atoms with Gasteiger partial charge in [0.2, 0.25) is 0 Å². The Morgan fingerprint density at radius 3 is 1.51 bits per heavy atom. The molecule has 0 aliphatic rings. The van der Waals surface area contributed by atoms with Gasteiger partial charge in [0.25, 0.3) is 0 Å². The highest BCUT2D eigenvalue weighted by molar-refractivity contribution is 7.22. The molecule has 6 rings (SSSR count). The zero-order valence-electron chi connectivity index (χ0n) is 20.2. The van der Waals surface area contributed by atoms with Gasteiger partial charge < -0.3 is 0 Å². The molecule has 0 aliphatic carbocycles. The van der Waals surface area contributed by atoms with Gasteiger partial charge in [-0.1, -0.05) is 42.5 Å². The third-order valence-electron chi connectivity index (χ3n) is 6.62. The Hall–Kier alpha value is -4.19. The van der Waals surface area contributed by atoms with E-state index < -0.39 is 46.5 Å². The fourth-order valence-electron chi connectivity index (χ4n) is 4.81. The summed E-state index contributed by atoms with van der Waals surface area (Å²) in [5, 5.41) is 9.94. The number of alkyl halides is 9. The summed E-state index contributed by atoms with van der Waals surface area (Å²) in [6, 6.07) is 18.1. The molecule has 6 aromatic rings. The normalized spacial score (nSPS) is 13.0. The Morgan fingerprint density at radius 2 is 1.00 bits per heavy atom. The van der Waals surface area contributed by atoms with E-state index in [1.165, 1.54) is 17.4 Å². The van der Waals surface area contributed by atoms with E-state index in [4.69, 9.17) is 0 Å². The molecule has 41 heavy (non-hydrogen) atoms. The number of thiophene rings is 1. The van der Waals surface area contributed by atoms with Crippen LogP contribution < -0.4 is 0 Å². The molecule has 0 bridgehead atoms. The van der Waals surface area contributed by atoms with Crippen molar-refractivity contribution in [2.75, 3.05) is 0 Å². The van der Waals surface area contributed by atoms with Crippen LogP contribution in [-0.4, -0.2) is 10.2 Å². The monoisotopic (exact) mass is 592 g/mol. The molecule has 208 valence electrons. The average Bonchev–Trinajstić information content (AvgIpc) is 3.33. The summed E-state index contributed by atoms with van der Waals surface area (Å²) in [6.45, 7) is 0. The van der Waals surface area contributed by atoms with Crippen LogP contribution in [0.25, 0.3) is 53.5 Å². The van der Waals surface area contributed by atoms with Crippen molar-refractivity contribution in [2.45, 2.75) is 18.5 Å². The van der Waals surface area contributed by atoms with Gasteiger partial charge in [0, 0.05) is 21.0 Å². The first kappa shape index (κ1) is 27.0. The van der Waals surface area contributed by atoms with Crippen LogP contribution in [0, 0.1) is 0 Å². The van der Waals surface area contributed by atoms with Gasteiger partial charge in [0.1, 0.15) is 11.4 Å². The minimum Gasteiger partial charge on any atom is -0.166 e. The van der Waals surface area contributed by atoms with E-state index in [2.05, 4.69) is 10.2 Å². The third-order valence-corrected chi connectivity index (χ3v) is 7.74. The van der Waals surface area contributed by atoms with E-state index in [1.807, 2.05) is 18.2 Å². The average molecular weight is 592 g/mol. The van der Waals surface area contributed by atoms with Crippen molar-refractivity contribution in [3.63, 3.8) is 0 Å². The van der Waals surface area contributed by atoms with E-state index in [1.54, 1.807) is 42.5 Å². The smallest absolute Gasteiger partial charge is 0.166 e. The van der Waals surface area contributed by atoms with Gasteiger partial charge in [-0.3, -0.25) is 0 Å². The molecular formula is C29H13F9N2S. The minimum atomic E-state index is -5.58. The maximum atomic E-state index is 14.2. The molecule has 4 aromatic carbocycles. The number of fused-ring (bicyclic) bond motifs is 3. The molecule has 0 amide bonds. The van der Waals surface area contributed by atoms with Gasteiger partial charge in [-0.15, -0.1) is 21.5 Å². The van der Waals surface area contributed by atoms with Gasteiger partial charge >= 0.3 is 18.5 Å². The molecule has 0 saturated carbocycles. The van der Waals surface area contributed by atoms with Gasteiger partial charge in [0.05, 0.1) is 21.6 Å². The summed E-state index contributed by atoms with van der Waals surface area (Å²) in [5.74, 6) is 0. The lowest BCUT2D eigenvalue weighted by Crippen LogP contribution is -2.18. The van der Waals surface area contributed by atoms with Crippen LogP contribution in [0.2, 0.25) is 0 Å². The zero-order valence-corrected chi connectivity index (χ0v) is 21.0. The summed E-state index contributed by atoms with van der Waals surface area (Å²) in [4.78, 5) is 0.560. The molecule has 2 aromatic heterocycles. The van der Waals surface area contributed by atoms with E-state index in [0.717, 1.165) is 10.1 Å². The fraction of sp³-hybridized carbons (Fsp3) is 0.103. The molecule has 0 N–H and O–H groups in total. The van der Waals surface area contributed by atoms with Crippen LogP contribution in [0.3, 0.4) is 0 Å². The lowest BCUT2D eigenvalue weighted by atomic mass is 9.90. The maximum absolute atomic E-state index is 14.2. The van der Waals surface area contributed by atoms with Gasteiger partial charge in [0.15, 0.2) is 0 Å². The van der Waals surface area contributed by atoms with Crippen molar-refractivity contribution in [3.05, 3.63) is 95.6 Å². The van der Waals surface area contributed by atoms with Crippen LogP contribution in [0.1, 0.15) is 16.7 Å². The summed E-state index contributed by atoms with van der Waals surface area (Å²) < 4.78 is 126. The predicted molar refractivity (Wildman–Crippen MR) is 138 cm³/mol. The first-order valence-corrected chi connectivity index (χ1v) is 12.6. The van der Waals surface area contributed by atoms with Crippen LogP contribution in [0.4, 0.5) is 39.5 Å².